The van der Waals surface area contributed by atoms with E-state index in [0.29, 0.717) is 11.1 Å². The van der Waals surface area contributed by atoms with Crippen molar-refractivity contribution in [3.05, 3.63) is 65.5 Å². The molecule has 0 atom stereocenters. The Morgan fingerprint density at radius 1 is 1.19 bits per heavy atom. The number of aromatic carboxylic acids is 1. The Bertz CT molecular complexity index is 1000. The number of nitrogens with zero attached hydrogens (tertiary/aromatic N) is 5. The first-order valence-corrected chi connectivity index (χ1v) is 7.71. The van der Waals surface area contributed by atoms with Crippen LogP contribution in [0.2, 0.25) is 0 Å². The summed E-state index contributed by atoms with van der Waals surface area (Å²) in [5.74, 6) is -1.75. The summed E-state index contributed by atoms with van der Waals surface area (Å²) in [5.41, 5.74) is 3.24. The summed E-state index contributed by atoms with van der Waals surface area (Å²) in [6, 6.07) is 11.8. The summed E-state index contributed by atoms with van der Waals surface area (Å²) < 4.78 is 12.9. The van der Waals surface area contributed by atoms with Gasteiger partial charge in [0.25, 0.3) is 5.91 Å². The highest BCUT2D eigenvalue weighted by atomic mass is 19.1. The molecule has 0 spiro atoms. The molecule has 0 aliphatic heterocycles. The molecule has 3 rings (SSSR count). The molecular weight excluding hydrogens is 355 g/mol. The minimum atomic E-state index is -1.09. The van der Waals surface area contributed by atoms with Gasteiger partial charge in [-0.15, -0.1) is 10.2 Å². The number of amides is 1. The molecule has 136 valence electrons. The fraction of sp³-hybridized carbons (Fsp3) is 0.0588. The molecule has 3 aromatic rings. The van der Waals surface area contributed by atoms with Crippen molar-refractivity contribution in [3.63, 3.8) is 0 Å². The van der Waals surface area contributed by atoms with Gasteiger partial charge in [0.2, 0.25) is 5.82 Å². The number of benzene rings is 2. The quantitative estimate of drug-likeness (QED) is 0.500. The van der Waals surface area contributed by atoms with Crippen molar-refractivity contribution in [2.45, 2.75) is 6.54 Å². The van der Waals surface area contributed by atoms with Crippen LogP contribution in [0.4, 0.5) is 4.39 Å². The average molecular weight is 368 g/mol. The van der Waals surface area contributed by atoms with Crippen molar-refractivity contribution in [3.8, 4) is 11.4 Å². The molecule has 0 unspecified atom stereocenters. The maximum Gasteiger partial charge on any atom is 0.336 e. The van der Waals surface area contributed by atoms with E-state index in [-0.39, 0.29) is 23.7 Å². The molecule has 1 amide bonds. The second-order valence-electron chi connectivity index (χ2n) is 5.34. The maximum atomic E-state index is 12.9. The number of aromatic nitrogens is 4. The van der Waals surface area contributed by atoms with E-state index in [2.05, 4.69) is 25.9 Å². The largest absolute Gasteiger partial charge is 0.478 e. The monoisotopic (exact) mass is 368 g/mol. The van der Waals surface area contributed by atoms with E-state index in [1.54, 1.807) is 18.2 Å². The van der Waals surface area contributed by atoms with Crippen LogP contribution in [0.15, 0.2) is 53.6 Å². The van der Waals surface area contributed by atoms with Crippen LogP contribution < -0.4 is 5.43 Å². The number of tetrazole rings is 1. The number of carboxylic acids is 1. The normalized spacial score (nSPS) is 10.9. The van der Waals surface area contributed by atoms with Gasteiger partial charge in [0.1, 0.15) is 12.4 Å². The van der Waals surface area contributed by atoms with Crippen molar-refractivity contribution < 1.29 is 19.1 Å². The van der Waals surface area contributed by atoms with Gasteiger partial charge >= 0.3 is 5.97 Å². The summed E-state index contributed by atoms with van der Waals surface area (Å²) >= 11 is 0. The van der Waals surface area contributed by atoms with Crippen LogP contribution in [0.3, 0.4) is 0 Å². The SMILES string of the molecule is O=C(Cn1nnc(-c2ccc(F)cc2)n1)N/N=C\c1ccccc1C(=O)O. The predicted octanol–water partition coefficient (Wildman–Crippen LogP) is 1.33. The highest BCUT2D eigenvalue weighted by Crippen LogP contribution is 2.13. The van der Waals surface area contributed by atoms with Crippen LogP contribution >= 0.6 is 0 Å². The molecule has 1 heterocycles. The number of carbonyl (C=O) groups is 2. The Labute approximate surface area is 152 Å². The molecule has 0 saturated heterocycles. The summed E-state index contributed by atoms with van der Waals surface area (Å²) in [5, 5.41) is 24.4. The molecule has 1 aromatic heterocycles. The molecule has 0 saturated carbocycles. The Kier molecular flexibility index (Phi) is 5.26. The average Bonchev–Trinajstić information content (AvgIpc) is 3.11. The summed E-state index contributed by atoms with van der Waals surface area (Å²) in [4.78, 5) is 24.1. The highest BCUT2D eigenvalue weighted by molar-refractivity contribution is 5.98. The third kappa shape index (κ3) is 4.57. The first kappa shape index (κ1) is 17.9. The number of hydrazone groups is 1. The molecule has 9 nitrogen and oxygen atoms in total. The summed E-state index contributed by atoms with van der Waals surface area (Å²) in [6.45, 7) is -0.244. The number of carboxylic acid groups (broad SMARTS) is 1. The molecule has 2 N–H and O–H groups in total. The lowest BCUT2D eigenvalue weighted by Gasteiger charge is -2.00. The number of hydrogen-bond acceptors (Lipinski definition) is 6. The Morgan fingerprint density at radius 2 is 1.93 bits per heavy atom. The van der Waals surface area contributed by atoms with E-state index < -0.39 is 11.9 Å². The van der Waals surface area contributed by atoms with E-state index >= 15 is 0 Å². The smallest absolute Gasteiger partial charge is 0.336 e. The van der Waals surface area contributed by atoms with Gasteiger partial charge in [-0.25, -0.2) is 14.6 Å². The van der Waals surface area contributed by atoms with Gasteiger partial charge < -0.3 is 5.11 Å². The Balaban J connectivity index is 1.60. The van der Waals surface area contributed by atoms with Crippen molar-refractivity contribution in [1.82, 2.24) is 25.6 Å². The zero-order valence-corrected chi connectivity index (χ0v) is 13.8. The van der Waals surface area contributed by atoms with E-state index in [4.69, 9.17) is 5.11 Å². The molecule has 0 bridgehead atoms. The van der Waals surface area contributed by atoms with E-state index in [9.17, 15) is 14.0 Å². The number of halogens is 1. The molecular formula is C17H13FN6O3. The van der Waals surface area contributed by atoms with Crippen LogP contribution in [-0.2, 0) is 11.3 Å². The van der Waals surface area contributed by atoms with Crippen molar-refractivity contribution in [2.24, 2.45) is 5.10 Å². The first-order chi connectivity index (χ1) is 13.0. The lowest BCUT2D eigenvalue weighted by molar-refractivity contribution is -0.122. The molecule has 0 fully saturated rings. The van der Waals surface area contributed by atoms with Crippen molar-refractivity contribution in [2.75, 3.05) is 0 Å². The minimum Gasteiger partial charge on any atom is -0.478 e. The number of rotatable bonds is 6. The van der Waals surface area contributed by atoms with Gasteiger partial charge in [0.05, 0.1) is 11.8 Å². The lowest BCUT2D eigenvalue weighted by atomic mass is 10.1. The van der Waals surface area contributed by atoms with E-state index in [0.717, 1.165) is 4.80 Å². The summed E-state index contributed by atoms with van der Waals surface area (Å²) in [7, 11) is 0. The molecule has 2 aromatic carbocycles. The fourth-order valence-corrected chi connectivity index (χ4v) is 2.17. The van der Waals surface area contributed by atoms with Gasteiger partial charge in [0.15, 0.2) is 0 Å². The standard InChI is InChI=1S/C17H13FN6O3/c18-13-7-5-11(6-8-13)16-21-23-24(22-16)10-15(25)20-19-9-12-3-1-2-4-14(12)17(26)27/h1-9H,10H2,(H,20,25)(H,26,27)/b19-9-. The van der Waals surface area contributed by atoms with E-state index in [1.807, 2.05) is 0 Å². The predicted molar refractivity (Wildman–Crippen MR) is 92.3 cm³/mol. The lowest BCUT2D eigenvalue weighted by Crippen LogP contribution is -2.24. The van der Waals surface area contributed by atoms with Gasteiger partial charge in [0, 0.05) is 11.1 Å². The van der Waals surface area contributed by atoms with Gasteiger partial charge in [-0.3, -0.25) is 4.79 Å². The Morgan fingerprint density at radius 3 is 2.67 bits per heavy atom. The highest BCUT2D eigenvalue weighted by Gasteiger charge is 2.10. The molecule has 0 aliphatic carbocycles. The molecule has 10 heteroatoms. The zero-order valence-electron chi connectivity index (χ0n) is 13.8. The Hall–Kier alpha value is -3.95. The molecule has 0 aliphatic rings. The van der Waals surface area contributed by atoms with Crippen molar-refractivity contribution >= 4 is 18.1 Å². The van der Waals surface area contributed by atoms with Crippen molar-refractivity contribution in [1.29, 1.82) is 0 Å². The second kappa shape index (κ2) is 7.95. The second-order valence-corrected chi connectivity index (χ2v) is 5.34. The maximum absolute atomic E-state index is 12.9. The topological polar surface area (TPSA) is 122 Å². The number of carbonyl (C=O) groups excluding carboxylic acids is 1. The van der Waals surface area contributed by atoms with Crippen LogP contribution in [0.25, 0.3) is 11.4 Å². The summed E-state index contributed by atoms with van der Waals surface area (Å²) in [6.07, 6.45) is 1.24. The third-order valence-corrected chi connectivity index (χ3v) is 3.42. The van der Waals surface area contributed by atoms with Gasteiger partial charge in [-0.1, -0.05) is 18.2 Å². The fourth-order valence-electron chi connectivity index (χ4n) is 2.17. The van der Waals surface area contributed by atoms with Crippen LogP contribution in [0, 0.1) is 5.82 Å². The third-order valence-electron chi connectivity index (χ3n) is 3.42. The van der Waals surface area contributed by atoms with Gasteiger partial charge in [-0.05, 0) is 35.5 Å². The van der Waals surface area contributed by atoms with Gasteiger partial charge in [-0.2, -0.15) is 9.90 Å². The number of hydrogen-bond donors (Lipinski definition) is 2. The molecule has 0 radical (unpaired) electrons. The minimum absolute atomic E-state index is 0.0670. The van der Waals surface area contributed by atoms with E-state index in [1.165, 1.54) is 36.5 Å². The van der Waals surface area contributed by atoms with Crippen LogP contribution in [0.5, 0.6) is 0 Å². The zero-order chi connectivity index (χ0) is 19.2. The van der Waals surface area contributed by atoms with Crippen LogP contribution in [-0.4, -0.2) is 43.4 Å². The first-order valence-electron chi connectivity index (χ1n) is 7.71. The number of nitrogens with one attached hydrogen (secondary N) is 1. The molecule has 27 heavy (non-hydrogen) atoms. The van der Waals surface area contributed by atoms with Crippen LogP contribution in [0.1, 0.15) is 15.9 Å².